The van der Waals surface area contributed by atoms with Gasteiger partial charge in [-0.1, -0.05) is 12.1 Å². The molecule has 0 aliphatic rings. The number of ether oxygens (including phenoxy) is 1. The number of guanidine groups is 1. The zero-order valence-corrected chi connectivity index (χ0v) is 14.9. The Kier molecular flexibility index (Phi) is 10.5. The minimum absolute atomic E-state index is 0. The number of aromatic hydroxyl groups is 1. The molecule has 0 aliphatic heterocycles. The van der Waals surface area contributed by atoms with Crippen molar-refractivity contribution in [3.05, 3.63) is 36.4 Å². The molecule has 3 N–H and O–H groups in total. The van der Waals surface area contributed by atoms with Crippen molar-refractivity contribution in [1.29, 1.82) is 0 Å². The van der Waals surface area contributed by atoms with E-state index in [4.69, 9.17) is 4.74 Å². The van der Waals surface area contributed by atoms with Crippen LogP contribution in [0.2, 0.25) is 0 Å². The van der Waals surface area contributed by atoms with Crippen molar-refractivity contribution in [1.82, 2.24) is 10.6 Å². The van der Waals surface area contributed by atoms with Crippen LogP contribution in [0.15, 0.2) is 35.8 Å². The van der Waals surface area contributed by atoms with Gasteiger partial charge in [-0.25, -0.2) is 0 Å². The number of benzene rings is 1. The number of phenolic OH excluding ortho intramolecular Hbond substituents is 1. The van der Waals surface area contributed by atoms with Gasteiger partial charge in [0, 0.05) is 19.6 Å². The molecule has 1 aromatic rings. The van der Waals surface area contributed by atoms with Crippen molar-refractivity contribution in [2.75, 3.05) is 26.7 Å². The zero-order chi connectivity index (χ0) is 14.8. The van der Waals surface area contributed by atoms with E-state index in [1.165, 1.54) is 0 Å². The molecular formula is C15H24IN3O2. The average molecular weight is 405 g/mol. The number of nitrogens with zero attached hydrogens (tertiary/aromatic N) is 1. The molecule has 1 aromatic carbocycles. The molecule has 21 heavy (non-hydrogen) atoms. The second-order valence-electron chi connectivity index (χ2n) is 4.19. The number of aliphatic imine (C=N–C) groups is 1. The number of rotatable bonds is 7. The maximum Gasteiger partial charge on any atom is 0.191 e. The van der Waals surface area contributed by atoms with E-state index in [0.717, 1.165) is 24.5 Å². The van der Waals surface area contributed by atoms with Crippen LogP contribution >= 0.6 is 24.0 Å². The molecule has 0 unspecified atom stereocenters. The van der Waals surface area contributed by atoms with Crippen molar-refractivity contribution >= 4 is 29.9 Å². The Bertz CT molecular complexity index is 464. The predicted molar refractivity (Wildman–Crippen MR) is 98.0 cm³/mol. The summed E-state index contributed by atoms with van der Waals surface area (Å²) in [5.74, 6) is 1.42. The van der Waals surface area contributed by atoms with Crippen LogP contribution in [0, 0.1) is 0 Å². The molecule has 5 nitrogen and oxygen atoms in total. The first-order chi connectivity index (χ1) is 9.71. The lowest BCUT2D eigenvalue weighted by Crippen LogP contribution is -2.37. The van der Waals surface area contributed by atoms with E-state index in [9.17, 15) is 5.11 Å². The summed E-state index contributed by atoms with van der Waals surface area (Å²) in [6.45, 7) is 7.84. The lowest BCUT2D eigenvalue weighted by molar-refractivity contribution is 0.373. The predicted octanol–water partition coefficient (Wildman–Crippen LogP) is 2.30. The molecule has 1 rings (SSSR count). The average Bonchev–Trinajstić information content (AvgIpc) is 2.46. The molecule has 0 amide bonds. The van der Waals surface area contributed by atoms with Crippen molar-refractivity contribution < 1.29 is 9.84 Å². The summed E-state index contributed by atoms with van der Waals surface area (Å²) in [6.07, 6.45) is 2.57. The zero-order valence-electron chi connectivity index (χ0n) is 12.6. The van der Waals surface area contributed by atoms with Gasteiger partial charge in [0.05, 0.1) is 7.11 Å². The highest BCUT2D eigenvalue weighted by Gasteiger charge is 2.02. The second-order valence-corrected chi connectivity index (χ2v) is 4.19. The molecule has 118 valence electrons. The Morgan fingerprint density at radius 3 is 2.81 bits per heavy atom. The van der Waals surface area contributed by atoms with Crippen LogP contribution in [0.4, 0.5) is 0 Å². The van der Waals surface area contributed by atoms with Crippen LogP contribution in [0.3, 0.4) is 0 Å². The summed E-state index contributed by atoms with van der Waals surface area (Å²) >= 11 is 0. The Labute approximate surface area is 143 Å². The van der Waals surface area contributed by atoms with E-state index >= 15 is 0 Å². The Hall–Kier alpha value is -1.44. The quantitative estimate of drug-likeness (QED) is 0.282. The van der Waals surface area contributed by atoms with Gasteiger partial charge < -0.3 is 20.5 Å². The standard InChI is InChI=1S/C15H23N3O2.HI/c1-4-9-17-15(16-5-2)18-10-8-12-6-7-13(19)14(11-12)20-3;/h4,6-7,11,19H,1,5,8-10H2,2-3H3,(H2,16,17,18);1H. The summed E-state index contributed by atoms with van der Waals surface area (Å²) < 4.78 is 5.08. The van der Waals surface area contributed by atoms with Gasteiger partial charge in [0.2, 0.25) is 0 Å². The number of hydrogen-bond acceptors (Lipinski definition) is 3. The lowest BCUT2D eigenvalue weighted by atomic mass is 10.1. The van der Waals surface area contributed by atoms with Gasteiger partial charge in [-0.15, -0.1) is 30.6 Å². The van der Waals surface area contributed by atoms with Gasteiger partial charge in [0.25, 0.3) is 0 Å². The van der Waals surface area contributed by atoms with Gasteiger partial charge in [-0.3, -0.25) is 4.99 Å². The van der Waals surface area contributed by atoms with Crippen molar-refractivity contribution in [3.8, 4) is 11.5 Å². The Morgan fingerprint density at radius 2 is 2.19 bits per heavy atom. The number of nitrogens with one attached hydrogen (secondary N) is 2. The molecule has 0 fully saturated rings. The lowest BCUT2D eigenvalue weighted by Gasteiger charge is -2.09. The molecule has 0 aliphatic carbocycles. The Morgan fingerprint density at radius 1 is 1.43 bits per heavy atom. The molecule has 6 heteroatoms. The van der Waals surface area contributed by atoms with Crippen LogP contribution < -0.4 is 15.4 Å². The van der Waals surface area contributed by atoms with E-state index in [0.29, 0.717) is 18.8 Å². The second kappa shape index (κ2) is 11.2. The monoisotopic (exact) mass is 405 g/mol. The first-order valence-corrected chi connectivity index (χ1v) is 6.70. The minimum Gasteiger partial charge on any atom is -0.504 e. The van der Waals surface area contributed by atoms with E-state index in [2.05, 4.69) is 22.2 Å². The van der Waals surface area contributed by atoms with E-state index in [1.54, 1.807) is 19.3 Å². The summed E-state index contributed by atoms with van der Waals surface area (Å²) in [5, 5.41) is 15.8. The van der Waals surface area contributed by atoms with E-state index < -0.39 is 0 Å². The molecule has 0 radical (unpaired) electrons. The van der Waals surface area contributed by atoms with Gasteiger partial charge in [0.1, 0.15) is 0 Å². The van der Waals surface area contributed by atoms with Crippen LogP contribution in [0.5, 0.6) is 11.5 Å². The Balaban J connectivity index is 0.00000400. The van der Waals surface area contributed by atoms with Crippen molar-refractivity contribution in [2.24, 2.45) is 4.99 Å². The fourth-order valence-electron chi connectivity index (χ4n) is 1.68. The molecule has 0 spiro atoms. The SMILES string of the molecule is C=CCNC(=NCCc1ccc(O)c(OC)c1)NCC.I. The third-order valence-electron chi connectivity index (χ3n) is 2.67. The molecule has 0 atom stereocenters. The van der Waals surface area contributed by atoms with Crippen LogP contribution in [-0.4, -0.2) is 37.8 Å². The third kappa shape index (κ3) is 7.22. The molecule has 0 saturated carbocycles. The third-order valence-corrected chi connectivity index (χ3v) is 2.67. The summed E-state index contributed by atoms with van der Waals surface area (Å²) in [4.78, 5) is 4.47. The minimum atomic E-state index is 0. The van der Waals surface area contributed by atoms with Crippen LogP contribution in [0.1, 0.15) is 12.5 Å². The number of halogens is 1. The van der Waals surface area contributed by atoms with Crippen molar-refractivity contribution in [2.45, 2.75) is 13.3 Å². The summed E-state index contributed by atoms with van der Waals surface area (Å²) in [6, 6.07) is 5.34. The molecular weight excluding hydrogens is 381 g/mol. The number of methoxy groups -OCH3 is 1. The summed E-state index contributed by atoms with van der Waals surface area (Å²) in [5.41, 5.74) is 1.07. The first-order valence-electron chi connectivity index (χ1n) is 6.70. The van der Waals surface area contributed by atoms with Crippen LogP contribution in [0.25, 0.3) is 0 Å². The van der Waals surface area contributed by atoms with Gasteiger partial charge in [-0.05, 0) is 31.0 Å². The fourth-order valence-corrected chi connectivity index (χ4v) is 1.68. The highest BCUT2D eigenvalue weighted by atomic mass is 127. The van der Waals surface area contributed by atoms with Crippen molar-refractivity contribution in [3.63, 3.8) is 0 Å². The molecule has 0 aromatic heterocycles. The summed E-state index contributed by atoms with van der Waals surface area (Å²) in [7, 11) is 1.54. The largest absolute Gasteiger partial charge is 0.504 e. The van der Waals surface area contributed by atoms with E-state index in [1.807, 2.05) is 19.1 Å². The highest BCUT2D eigenvalue weighted by Crippen LogP contribution is 2.26. The normalized spacial score (nSPS) is 10.5. The van der Waals surface area contributed by atoms with Gasteiger partial charge in [0.15, 0.2) is 17.5 Å². The maximum atomic E-state index is 9.53. The van der Waals surface area contributed by atoms with Gasteiger partial charge in [-0.2, -0.15) is 0 Å². The smallest absolute Gasteiger partial charge is 0.191 e. The highest BCUT2D eigenvalue weighted by molar-refractivity contribution is 14.0. The first kappa shape index (κ1) is 19.6. The van der Waals surface area contributed by atoms with Gasteiger partial charge >= 0.3 is 0 Å². The molecule has 0 saturated heterocycles. The van der Waals surface area contributed by atoms with E-state index in [-0.39, 0.29) is 29.7 Å². The number of phenols is 1. The fraction of sp³-hybridized carbons (Fsp3) is 0.400. The van der Waals surface area contributed by atoms with Crippen LogP contribution in [-0.2, 0) is 6.42 Å². The maximum absolute atomic E-state index is 9.53. The molecule has 0 heterocycles. The number of hydrogen-bond donors (Lipinski definition) is 3. The molecule has 0 bridgehead atoms. The topological polar surface area (TPSA) is 65.9 Å².